The van der Waals surface area contributed by atoms with Crippen LogP contribution in [0.5, 0.6) is 11.5 Å². The second-order valence-electron chi connectivity index (χ2n) is 5.25. The van der Waals surface area contributed by atoms with Gasteiger partial charge in [0.2, 0.25) is 0 Å². The maximum Gasteiger partial charge on any atom is 0.276 e. The molecule has 0 unspecified atom stereocenters. The number of thiazole rings is 1. The Kier molecular flexibility index (Phi) is 3.93. The molecule has 0 amide bonds. The molecular formula is C17H12BrN3O3S. The summed E-state index contributed by atoms with van der Waals surface area (Å²) < 4.78 is 13.5. The molecule has 25 heavy (non-hydrogen) atoms. The molecule has 0 atom stereocenters. The van der Waals surface area contributed by atoms with Crippen LogP contribution in [0.25, 0.3) is 22.2 Å². The Hall–Kier alpha value is -2.45. The molecule has 3 heterocycles. The average molecular weight is 418 g/mol. The predicted molar refractivity (Wildman–Crippen MR) is 101 cm³/mol. The number of hydrogen-bond acceptors (Lipinski definition) is 6. The van der Waals surface area contributed by atoms with Gasteiger partial charge in [-0.25, -0.2) is 14.4 Å². The van der Waals surface area contributed by atoms with Crippen molar-refractivity contribution in [2.75, 3.05) is 14.2 Å². The van der Waals surface area contributed by atoms with E-state index in [2.05, 4.69) is 25.9 Å². The molecule has 8 heteroatoms. The van der Waals surface area contributed by atoms with Crippen LogP contribution in [0.4, 0.5) is 0 Å². The van der Waals surface area contributed by atoms with Gasteiger partial charge < -0.3 is 9.47 Å². The first-order chi connectivity index (χ1) is 12.1. The molecule has 0 aliphatic heterocycles. The highest BCUT2D eigenvalue weighted by Crippen LogP contribution is 2.25. The lowest BCUT2D eigenvalue weighted by Crippen LogP contribution is -2.23. The number of benzene rings is 1. The number of aromatic nitrogens is 3. The predicted octanol–water partition coefficient (Wildman–Crippen LogP) is 2.63. The van der Waals surface area contributed by atoms with E-state index in [1.807, 2.05) is 24.3 Å². The number of nitrogens with zero attached hydrogens (tertiary/aromatic N) is 3. The van der Waals surface area contributed by atoms with E-state index in [1.54, 1.807) is 26.5 Å². The van der Waals surface area contributed by atoms with Crippen molar-refractivity contribution in [2.24, 2.45) is 0 Å². The van der Waals surface area contributed by atoms with Gasteiger partial charge in [-0.15, -0.1) is 0 Å². The lowest BCUT2D eigenvalue weighted by molar-refractivity contribution is 0.402. The Balaban J connectivity index is 1.97. The summed E-state index contributed by atoms with van der Waals surface area (Å²) in [5.41, 5.74) is 1.85. The summed E-state index contributed by atoms with van der Waals surface area (Å²) in [4.78, 5) is 22.2. The van der Waals surface area contributed by atoms with E-state index in [4.69, 9.17) is 9.47 Å². The van der Waals surface area contributed by atoms with Gasteiger partial charge in [-0.1, -0.05) is 11.3 Å². The molecule has 0 saturated carbocycles. The van der Waals surface area contributed by atoms with E-state index in [0.29, 0.717) is 32.2 Å². The number of rotatable bonds is 3. The highest BCUT2D eigenvalue weighted by molar-refractivity contribution is 9.10. The molecule has 0 radical (unpaired) electrons. The molecule has 0 spiro atoms. The molecule has 0 fully saturated rings. The summed E-state index contributed by atoms with van der Waals surface area (Å²) in [7, 11) is 3.19. The zero-order chi connectivity index (χ0) is 17.6. The molecule has 0 aliphatic rings. The van der Waals surface area contributed by atoms with Crippen molar-refractivity contribution in [1.82, 2.24) is 14.4 Å². The van der Waals surface area contributed by atoms with E-state index < -0.39 is 0 Å². The molecule has 4 aromatic rings. The Bertz CT molecular complexity index is 1220. The highest BCUT2D eigenvalue weighted by Gasteiger charge is 2.13. The van der Waals surface area contributed by atoms with Crippen molar-refractivity contribution in [1.29, 1.82) is 0 Å². The van der Waals surface area contributed by atoms with E-state index in [1.165, 1.54) is 15.7 Å². The topological polar surface area (TPSA) is 65.7 Å². The number of ether oxygens (including phenoxy) is 2. The average Bonchev–Trinajstić information content (AvgIpc) is 3.10. The van der Waals surface area contributed by atoms with Crippen molar-refractivity contribution in [3.8, 4) is 11.5 Å². The normalized spacial score (nSPS) is 12.2. The van der Waals surface area contributed by atoms with Gasteiger partial charge in [-0.3, -0.25) is 4.79 Å². The fourth-order valence-electron chi connectivity index (χ4n) is 2.61. The van der Waals surface area contributed by atoms with Gasteiger partial charge in [0.25, 0.3) is 5.56 Å². The fraction of sp³-hybridized carbons (Fsp3) is 0.118. The number of hydrogen-bond donors (Lipinski definition) is 0. The van der Waals surface area contributed by atoms with Gasteiger partial charge in [-0.05, 0) is 46.3 Å². The minimum atomic E-state index is -0.151. The van der Waals surface area contributed by atoms with Crippen LogP contribution in [0, 0.1) is 0 Å². The third-order valence-corrected chi connectivity index (χ3v) is 5.17. The van der Waals surface area contributed by atoms with Crippen molar-refractivity contribution in [2.45, 2.75) is 0 Å². The molecule has 0 bridgehead atoms. The van der Waals surface area contributed by atoms with E-state index in [0.717, 1.165) is 10.0 Å². The molecule has 126 valence electrons. The smallest absolute Gasteiger partial charge is 0.276 e. The number of fused-ring (bicyclic) bond motifs is 3. The molecule has 6 nitrogen and oxygen atoms in total. The standard InChI is InChI=1S/C17H12BrN3O3S/c1-23-11-3-4-13(24-2)9(5-11)6-14-16(22)21-15-12(20-17(21)25-14)7-10(18)8-19-15/h3-8H,1-2H3. The molecule has 0 N–H and O–H groups in total. The Labute approximate surface area is 154 Å². The summed E-state index contributed by atoms with van der Waals surface area (Å²) in [5.74, 6) is 1.36. The quantitative estimate of drug-likeness (QED) is 0.512. The highest BCUT2D eigenvalue weighted by atomic mass is 79.9. The monoisotopic (exact) mass is 417 g/mol. The molecular weight excluding hydrogens is 406 g/mol. The van der Waals surface area contributed by atoms with Gasteiger partial charge in [-0.2, -0.15) is 0 Å². The first kappa shape index (κ1) is 16.0. The zero-order valence-corrected chi connectivity index (χ0v) is 15.7. The van der Waals surface area contributed by atoms with Crippen LogP contribution in [0.2, 0.25) is 0 Å². The maximum atomic E-state index is 12.8. The van der Waals surface area contributed by atoms with Crippen LogP contribution in [-0.4, -0.2) is 28.6 Å². The van der Waals surface area contributed by atoms with Crippen molar-refractivity contribution in [3.63, 3.8) is 0 Å². The Morgan fingerprint density at radius 2 is 2.08 bits per heavy atom. The number of imidazole rings is 1. The van der Waals surface area contributed by atoms with E-state index in [-0.39, 0.29) is 5.56 Å². The zero-order valence-electron chi connectivity index (χ0n) is 13.3. The van der Waals surface area contributed by atoms with Crippen molar-refractivity contribution >= 4 is 49.5 Å². The van der Waals surface area contributed by atoms with E-state index >= 15 is 0 Å². The number of methoxy groups -OCH3 is 2. The summed E-state index contributed by atoms with van der Waals surface area (Å²) in [6, 6.07) is 7.29. The number of halogens is 1. The molecule has 4 rings (SSSR count). The lowest BCUT2D eigenvalue weighted by atomic mass is 10.2. The minimum Gasteiger partial charge on any atom is -0.497 e. The SMILES string of the molecule is COc1ccc(OC)c(C=c2sc3nc4cc(Br)cnc4n3c2=O)c1. The third kappa shape index (κ3) is 2.67. The van der Waals surface area contributed by atoms with Crippen LogP contribution in [0.1, 0.15) is 5.56 Å². The summed E-state index contributed by atoms with van der Waals surface area (Å²) in [6.45, 7) is 0. The lowest BCUT2D eigenvalue weighted by Gasteiger charge is -2.06. The molecule has 0 saturated heterocycles. The van der Waals surface area contributed by atoms with Crippen LogP contribution < -0.4 is 19.6 Å². The second-order valence-corrected chi connectivity index (χ2v) is 7.17. The van der Waals surface area contributed by atoms with E-state index in [9.17, 15) is 4.79 Å². The van der Waals surface area contributed by atoms with Gasteiger partial charge in [0.05, 0.1) is 18.8 Å². The molecule has 1 aromatic carbocycles. The first-order valence-corrected chi connectivity index (χ1v) is 8.92. The minimum absolute atomic E-state index is 0.151. The summed E-state index contributed by atoms with van der Waals surface area (Å²) in [5, 5.41) is 0. The largest absolute Gasteiger partial charge is 0.497 e. The number of pyridine rings is 1. The van der Waals surface area contributed by atoms with Crippen LogP contribution >= 0.6 is 27.3 Å². The third-order valence-electron chi connectivity index (χ3n) is 3.77. The van der Waals surface area contributed by atoms with Crippen molar-refractivity contribution < 1.29 is 9.47 Å². The molecule has 3 aromatic heterocycles. The molecule has 0 aliphatic carbocycles. The fourth-order valence-corrected chi connectivity index (χ4v) is 3.89. The second kappa shape index (κ2) is 6.12. The van der Waals surface area contributed by atoms with Crippen LogP contribution in [-0.2, 0) is 0 Å². The first-order valence-electron chi connectivity index (χ1n) is 7.31. The van der Waals surface area contributed by atoms with Crippen LogP contribution in [0.3, 0.4) is 0 Å². The Morgan fingerprint density at radius 1 is 1.24 bits per heavy atom. The van der Waals surface area contributed by atoms with Crippen molar-refractivity contribution in [3.05, 3.63) is 55.4 Å². The summed E-state index contributed by atoms with van der Waals surface area (Å²) >= 11 is 4.68. The van der Waals surface area contributed by atoms with Gasteiger partial charge in [0.15, 0.2) is 10.6 Å². The summed E-state index contributed by atoms with van der Waals surface area (Å²) in [6.07, 6.45) is 3.44. The van der Waals surface area contributed by atoms with Crippen LogP contribution in [0.15, 0.2) is 39.7 Å². The Morgan fingerprint density at radius 3 is 2.84 bits per heavy atom. The van der Waals surface area contributed by atoms with Gasteiger partial charge in [0.1, 0.15) is 17.0 Å². The van der Waals surface area contributed by atoms with Gasteiger partial charge in [0, 0.05) is 16.2 Å². The van der Waals surface area contributed by atoms with Gasteiger partial charge >= 0.3 is 0 Å². The maximum absolute atomic E-state index is 12.8.